The predicted octanol–water partition coefficient (Wildman–Crippen LogP) is 5.64. The predicted molar refractivity (Wildman–Crippen MR) is 121 cm³/mol. The van der Waals surface area contributed by atoms with E-state index in [1.807, 2.05) is 18.2 Å². The van der Waals surface area contributed by atoms with E-state index in [-0.39, 0.29) is 22.5 Å². The van der Waals surface area contributed by atoms with Crippen molar-refractivity contribution in [3.63, 3.8) is 0 Å². The summed E-state index contributed by atoms with van der Waals surface area (Å²) in [6.45, 7) is 7.87. The van der Waals surface area contributed by atoms with E-state index < -0.39 is 12.1 Å². The molecule has 0 amide bonds. The van der Waals surface area contributed by atoms with E-state index in [0.29, 0.717) is 16.7 Å². The van der Waals surface area contributed by atoms with Crippen LogP contribution in [0.4, 0.5) is 0 Å². The van der Waals surface area contributed by atoms with Gasteiger partial charge in [0.05, 0.1) is 5.56 Å². The molecule has 0 aromatic heterocycles. The first kappa shape index (κ1) is 22.2. The minimum absolute atomic E-state index is 0.00623. The zero-order valence-corrected chi connectivity index (χ0v) is 18.2. The summed E-state index contributed by atoms with van der Waals surface area (Å²) in [7, 11) is 0. The van der Waals surface area contributed by atoms with E-state index in [4.69, 9.17) is 4.74 Å². The Morgan fingerprint density at radius 3 is 1.71 bits per heavy atom. The Bertz CT molecular complexity index is 1070. The minimum atomic E-state index is -0.918. The van der Waals surface area contributed by atoms with Crippen LogP contribution in [0.3, 0.4) is 0 Å². The summed E-state index contributed by atoms with van der Waals surface area (Å²) < 4.78 is 5.36. The molecule has 0 unspecified atom stereocenters. The van der Waals surface area contributed by atoms with Crippen LogP contribution in [0.25, 0.3) is 0 Å². The van der Waals surface area contributed by atoms with E-state index in [1.165, 1.54) is 12.1 Å². The van der Waals surface area contributed by atoms with Crippen LogP contribution in [-0.2, 0) is 10.2 Å². The van der Waals surface area contributed by atoms with Gasteiger partial charge >= 0.3 is 5.97 Å². The summed E-state index contributed by atoms with van der Waals surface area (Å²) in [5.74, 6) is -0.988. The molecule has 158 valence electrons. The first-order valence-corrected chi connectivity index (χ1v) is 10.2. The molecule has 0 N–H and O–H groups in total. The van der Waals surface area contributed by atoms with Crippen LogP contribution in [-0.4, -0.2) is 23.6 Å². The molecule has 0 aliphatic carbocycles. The molecule has 1 atom stereocenters. The van der Waals surface area contributed by atoms with Crippen molar-refractivity contribution >= 4 is 17.5 Å². The highest BCUT2D eigenvalue weighted by Gasteiger charge is 2.22. The Morgan fingerprint density at radius 1 is 0.677 bits per heavy atom. The number of rotatable bonds is 6. The third-order valence-electron chi connectivity index (χ3n) is 5.11. The molecule has 0 aliphatic rings. The summed E-state index contributed by atoms with van der Waals surface area (Å²) in [5.41, 5.74) is 2.96. The number of Topliss-reactive ketones (excluding diaryl/α,β-unsaturated/α-hetero) is 1. The summed E-state index contributed by atoms with van der Waals surface area (Å²) in [6.07, 6.45) is -0.918. The molecule has 3 aromatic carbocycles. The van der Waals surface area contributed by atoms with Crippen molar-refractivity contribution < 1.29 is 19.1 Å². The molecule has 4 nitrogen and oxygen atoms in total. The van der Waals surface area contributed by atoms with Crippen molar-refractivity contribution in [1.29, 1.82) is 0 Å². The average Bonchev–Trinajstić information content (AvgIpc) is 2.78. The van der Waals surface area contributed by atoms with Crippen molar-refractivity contribution in [3.8, 4) is 0 Å². The van der Waals surface area contributed by atoms with Crippen LogP contribution in [0.2, 0.25) is 0 Å². The van der Waals surface area contributed by atoms with Crippen LogP contribution in [0.15, 0.2) is 78.9 Å². The third-order valence-corrected chi connectivity index (χ3v) is 5.11. The number of hydrogen-bond acceptors (Lipinski definition) is 4. The van der Waals surface area contributed by atoms with Gasteiger partial charge in [0.15, 0.2) is 11.9 Å². The Labute approximate surface area is 182 Å². The van der Waals surface area contributed by atoms with Gasteiger partial charge in [-0.15, -0.1) is 0 Å². The lowest BCUT2D eigenvalue weighted by Gasteiger charge is -2.19. The highest BCUT2D eigenvalue weighted by Crippen LogP contribution is 2.23. The van der Waals surface area contributed by atoms with Gasteiger partial charge in [-0.05, 0) is 30.0 Å². The zero-order chi connectivity index (χ0) is 22.6. The highest BCUT2D eigenvalue weighted by atomic mass is 16.5. The number of esters is 1. The first-order valence-electron chi connectivity index (χ1n) is 10.2. The number of hydrogen-bond donors (Lipinski definition) is 0. The van der Waals surface area contributed by atoms with Gasteiger partial charge in [0.25, 0.3) is 0 Å². The second-order valence-electron chi connectivity index (χ2n) is 8.51. The van der Waals surface area contributed by atoms with E-state index >= 15 is 0 Å². The molecular formula is C27H26O4. The second kappa shape index (κ2) is 9.09. The average molecular weight is 415 g/mol. The molecule has 0 spiro atoms. The Morgan fingerprint density at radius 2 is 1.16 bits per heavy atom. The maximum atomic E-state index is 12.7. The molecule has 0 bridgehead atoms. The molecule has 3 aromatic rings. The number of benzene rings is 3. The lowest BCUT2D eigenvalue weighted by molar-refractivity contribution is 0.0318. The van der Waals surface area contributed by atoms with E-state index in [1.54, 1.807) is 55.5 Å². The quantitative estimate of drug-likeness (QED) is 0.387. The number of carbonyl (C=O) groups is 3. The topological polar surface area (TPSA) is 60.4 Å². The van der Waals surface area contributed by atoms with Crippen LogP contribution in [0, 0.1) is 0 Å². The molecule has 0 saturated carbocycles. The van der Waals surface area contributed by atoms with Crippen LogP contribution in [0.5, 0.6) is 0 Å². The number of carbonyl (C=O) groups excluding carboxylic acids is 3. The summed E-state index contributed by atoms with van der Waals surface area (Å²) in [5, 5.41) is 0. The zero-order valence-electron chi connectivity index (χ0n) is 18.2. The van der Waals surface area contributed by atoms with Crippen molar-refractivity contribution in [2.45, 2.75) is 39.2 Å². The summed E-state index contributed by atoms with van der Waals surface area (Å²) in [6, 6.07) is 22.5. The fraction of sp³-hybridized carbons (Fsp3) is 0.222. The van der Waals surface area contributed by atoms with Gasteiger partial charge < -0.3 is 4.74 Å². The molecule has 0 heterocycles. The Kier molecular flexibility index (Phi) is 6.50. The second-order valence-corrected chi connectivity index (χ2v) is 8.51. The smallest absolute Gasteiger partial charge is 0.338 e. The molecule has 31 heavy (non-hydrogen) atoms. The first-order chi connectivity index (χ1) is 14.7. The largest absolute Gasteiger partial charge is 0.451 e. The molecule has 0 fully saturated rings. The maximum absolute atomic E-state index is 12.7. The molecule has 0 saturated heterocycles. The minimum Gasteiger partial charge on any atom is -0.451 e. The van der Waals surface area contributed by atoms with Crippen molar-refractivity contribution in [2.75, 3.05) is 0 Å². The monoisotopic (exact) mass is 414 g/mol. The summed E-state index contributed by atoms with van der Waals surface area (Å²) >= 11 is 0. The van der Waals surface area contributed by atoms with Gasteiger partial charge in [-0.3, -0.25) is 9.59 Å². The van der Waals surface area contributed by atoms with E-state index in [2.05, 4.69) is 20.8 Å². The SMILES string of the molecule is C[C@H](OC(=O)c1ccc(C(=O)c2ccccc2)cc1)C(=O)c1ccc(C(C)(C)C)cc1. The Balaban J connectivity index is 1.65. The van der Waals surface area contributed by atoms with Crippen molar-refractivity contribution in [1.82, 2.24) is 0 Å². The molecule has 0 aliphatic heterocycles. The molecular weight excluding hydrogens is 388 g/mol. The normalized spacial score (nSPS) is 12.1. The molecule has 3 rings (SSSR count). The fourth-order valence-corrected chi connectivity index (χ4v) is 3.17. The van der Waals surface area contributed by atoms with Crippen LogP contribution in [0.1, 0.15) is 69.9 Å². The van der Waals surface area contributed by atoms with E-state index in [0.717, 1.165) is 5.56 Å². The van der Waals surface area contributed by atoms with Gasteiger partial charge in [-0.25, -0.2) is 4.79 Å². The fourth-order valence-electron chi connectivity index (χ4n) is 3.17. The lowest BCUT2D eigenvalue weighted by Crippen LogP contribution is -2.24. The molecule has 4 heteroatoms. The van der Waals surface area contributed by atoms with Crippen LogP contribution < -0.4 is 0 Å². The van der Waals surface area contributed by atoms with E-state index in [9.17, 15) is 14.4 Å². The van der Waals surface area contributed by atoms with Crippen molar-refractivity contribution in [2.24, 2.45) is 0 Å². The highest BCUT2D eigenvalue weighted by molar-refractivity contribution is 6.09. The Hall–Kier alpha value is -3.53. The number of ketones is 2. The lowest BCUT2D eigenvalue weighted by atomic mass is 9.86. The van der Waals surface area contributed by atoms with Gasteiger partial charge in [-0.2, -0.15) is 0 Å². The molecule has 0 radical (unpaired) electrons. The van der Waals surface area contributed by atoms with Gasteiger partial charge in [0, 0.05) is 16.7 Å². The van der Waals surface area contributed by atoms with Gasteiger partial charge in [0.1, 0.15) is 0 Å². The standard InChI is InChI=1S/C27H26O4/c1-18(24(28)20-14-16-23(17-15-20)27(2,3)4)31-26(30)22-12-10-21(11-13-22)25(29)19-8-6-5-7-9-19/h5-18H,1-4H3/t18-/m0/s1. The maximum Gasteiger partial charge on any atom is 0.338 e. The third kappa shape index (κ3) is 5.34. The number of ether oxygens (including phenoxy) is 1. The van der Waals surface area contributed by atoms with Gasteiger partial charge in [0.2, 0.25) is 5.78 Å². The summed E-state index contributed by atoms with van der Waals surface area (Å²) in [4.78, 5) is 37.6. The van der Waals surface area contributed by atoms with Gasteiger partial charge in [-0.1, -0.05) is 87.5 Å². The van der Waals surface area contributed by atoms with Crippen molar-refractivity contribution in [3.05, 3.63) is 107 Å². The van der Waals surface area contributed by atoms with Crippen LogP contribution >= 0.6 is 0 Å².